The van der Waals surface area contributed by atoms with Crippen molar-refractivity contribution in [3.63, 3.8) is 0 Å². The van der Waals surface area contributed by atoms with E-state index in [0.29, 0.717) is 18.6 Å². The van der Waals surface area contributed by atoms with Crippen molar-refractivity contribution in [2.75, 3.05) is 6.61 Å². The van der Waals surface area contributed by atoms with Crippen molar-refractivity contribution in [3.8, 4) is 5.75 Å². The van der Waals surface area contributed by atoms with Gasteiger partial charge < -0.3 is 13.9 Å². The summed E-state index contributed by atoms with van der Waals surface area (Å²) >= 11 is 0. The van der Waals surface area contributed by atoms with Crippen LogP contribution in [0.5, 0.6) is 5.75 Å². The average molecular weight is 447 g/mol. The number of aromatic amines is 1. The predicted molar refractivity (Wildman–Crippen MR) is 123 cm³/mol. The van der Waals surface area contributed by atoms with Crippen LogP contribution in [0.1, 0.15) is 44.5 Å². The summed E-state index contributed by atoms with van der Waals surface area (Å²) in [4.78, 5) is 26.5. The number of hydrogen-bond donors (Lipinski definition) is 1. The molecule has 0 amide bonds. The monoisotopic (exact) mass is 446 g/mol. The van der Waals surface area contributed by atoms with Gasteiger partial charge >= 0.3 is 5.69 Å². The van der Waals surface area contributed by atoms with Crippen LogP contribution in [-0.4, -0.2) is 36.7 Å². The molecule has 0 unspecified atom stereocenters. The second-order valence-electron chi connectivity index (χ2n) is 9.88. The van der Waals surface area contributed by atoms with Gasteiger partial charge in [-0.1, -0.05) is 38.5 Å². The molecule has 2 aromatic rings. The molecule has 3 atom stereocenters. The van der Waals surface area contributed by atoms with Crippen molar-refractivity contribution in [2.45, 2.75) is 77.6 Å². The first-order valence-electron chi connectivity index (χ1n) is 10.7. The van der Waals surface area contributed by atoms with Crippen LogP contribution in [0.4, 0.5) is 0 Å². The SMILES string of the molecule is Cc1ccc(O[C@H]2C[C@H](n3cc(C)c(=O)[nH]c3=O)O[C@@H]2CO[Si](C)(C)C(C)(C)C)cc1. The third kappa shape index (κ3) is 5.37. The van der Waals surface area contributed by atoms with Crippen molar-refractivity contribution >= 4 is 8.32 Å². The number of nitrogens with zero attached hydrogens (tertiary/aromatic N) is 1. The first-order chi connectivity index (χ1) is 14.4. The third-order valence-electron chi connectivity index (χ3n) is 6.36. The highest BCUT2D eigenvalue weighted by Crippen LogP contribution is 2.38. The summed E-state index contributed by atoms with van der Waals surface area (Å²) in [6.45, 7) is 15.1. The van der Waals surface area contributed by atoms with Crippen LogP contribution < -0.4 is 16.0 Å². The molecule has 1 aromatic heterocycles. The van der Waals surface area contributed by atoms with Crippen molar-refractivity contribution in [1.29, 1.82) is 0 Å². The first kappa shape index (κ1) is 23.5. The Morgan fingerprint density at radius 3 is 2.42 bits per heavy atom. The van der Waals surface area contributed by atoms with Gasteiger partial charge in [-0.15, -0.1) is 0 Å². The Labute approximate surface area is 184 Å². The lowest BCUT2D eigenvalue weighted by molar-refractivity contribution is -0.0395. The van der Waals surface area contributed by atoms with E-state index in [2.05, 4.69) is 38.8 Å². The Kier molecular flexibility index (Phi) is 6.64. The van der Waals surface area contributed by atoms with E-state index < -0.39 is 20.2 Å². The highest BCUT2D eigenvalue weighted by atomic mass is 28.4. The van der Waals surface area contributed by atoms with Gasteiger partial charge in [-0.2, -0.15) is 0 Å². The summed E-state index contributed by atoms with van der Waals surface area (Å²) in [7, 11) is -1.98. The van der Waals surface area contributed by atoms with E-state index in [-0.39, 0.29) is 22.8 Å². The molecule has 3 rings (SSSR count). The topological polar surface area (TPSA) is 82.6 Å². The van der Waals surface area contributed by atoms with Gasteiger partial charge in [-0.05, 0) is 44.1 Å². The predicted octanol–water partition coefficient (Wildman–Crippen LogP) is 3.91. The minimum Gasteiger partial charge on any atom is -0.487 e. The summed E-state index contributed by atoms with van der Waals surface area (Å²) in [5, 5.41) is 0.0747. The zero-order valence-corrected chi connectivity index (χ0v) is 20.5. The van der Waals surface area contributed by atoms with Gasteiger partial charge in [0, 0.05) is 18.2 Å². The normalized spacial score (nSPS) is 22.0. The van der Waals surface area contributed by atoms with Crippen molar-refractivity contribution in [2.24, 2.45) is 0 Å². The molecule has 0 saturated carbocycles. The molecule has 0 aliphatic carbocycles. The molecule has 1 aliphatic rings. The number of hydrogen-bond acceptors (Lipinski definition) is 5. The lowest BCUT2D eigenvalue weighted by Crippen LogP contribution is -2.44. The molecule has 170 valence electrons. The Morgan fingerprint density at radius 1 is 1.16 bits per heavy atom. The lowest BCUT2D eigenvalue weighted by Gasteiger charge is -2.37. The van der Waals surface area contributed by atoms with Crippen LogP contribution in [-0.2, 0) is 9.16 Å². The van der Waals surface area contributed by atoms with Gasteiger partial charge in [0.15, 0.2) is 8.32 Å². The fourth-order valence-electron chi connectivity index (χ4n) is 3.24. The number of H-pyrrole nitrogens is 1. The molecule has 1 fully saturated rings. The average Bonchev–Trinajstić information content (AvgIpc) is 3.06. The first-order valence-corrected chi connectivity index (χ1v) is 13.6. The Morgan fingerprint density at radius 2 is 1.81 bits per heavy atom. The zero-order valence-electron chi connectivity index (χ0n) is 19.5. The van der Waals surface area contributed by atoms with Crippen LogP contribution in [0.3, 0.4) is 0 Å². The van der Waals surface area contributed by atoms with E-state index in [1.165, 1.54) is 4.57 Å². The number of aromatic nitrogens is 2. The zero-order chi connectivity index (χ0) is 23.0. The second-order valence-corrected chi connectivity index (χ2v) is 14.7. The Hall–Kier alpha value is -2.16. The van der Waals surface area contributed by atoms with E-state index in [4.69, 9.17) is 13.9 Å². The number of ether oxygens (including phenoxy) is 2. The van der Waals surface area contributed by atoms with E-state index in [1.807, 2.05) is 31.2 Å². The van der Waals surface area contributed by atoms with Crippen LogP contribution in [0.15, 0.2) is 40.1 Å². The Balaban J connectivity index is 1.84. The molecule has 0 bridgehead atoms. The molecular weight excluding hydrogens is 412 g/mol. The lowest BCUT2D eigenvalue weighted by atomic mass is 10.1. The fraction of sp³-hybridized carbons (Fsp3) is 0.565. The Bertz CT molecular complexity index is 1020. The largest absolute Gasteiger partial charge is 0.487 e. The van der Waals surface area contributed by atoms with Crippen LogP contribution in [0, 0.1) is 13.8 Å². The molecule has 1 aliphatic heterocycles. The smallest absolute Gasteiger partial charge is 0.330 e. The summed E-state index contributed by atoms with van der Waals surface area (Å²) in [6, 6.07) is 7.87. The van der Waals surface area contributed by atoms with E-state index in [1.54, 1.807) is 13.1 Å². The maximum Gasteiger partial charge on any atom is 0.330 e. The summed E-state index contributed by atoms with van der Waals surface area (Å²) < 4.78 is 20.4. The summed E-state index contributed by atoms with van der Waals surface area (Å²) in [5.41, 5.74) is 0.742. The maximum atomic E-state index is 12.4. The van der Waals surface area contributed by atoms with Crippen molar-refractivity contribution in [1.82, 2.24) is 9.55 Å². The molecule has 1 aromatic carbocycles. The highest BCUT2D eigenvalue weighted by Gasteiger charge is 2.42. The third-order valence-corrected chi connectivity index (χ3v) is 10.9. The van der Waals surface area contributed by atoms with Crippen LogP contribution >= 0.6 is 0 Å². The standard InChI is InChI=1S/C23H34N2O5Si/c1-15-8-10-17(11-9-15)29-18-12-20(25-13-16(2)21(26)24-22(25)27)30-19(18)14-28-31(6,7)23(3,4)5/h8-11,13,18-20H,12,14H2,1-7H3,(H,24,26,27)/t18-,19+,20+/m0/s1. The number of rotatable bonds is 6. The van der Waals surface area contributed by atoms with E-state index in [0.717, 1.165) is 11.3 Å². The molecule has 1 N–H and O–H groups in total. The van der Waals surface area contributed by atoms with Gasteiger partial charge in [-0.25, -0.2) is 4.79 Å². The quantitative estimate of drug-likeness (QED) is 0.680. The van der Waals surface area contributed by atoms with Gasteiger partial charge in [0.05, 0.1) is 6.61 Å². The minimum absolute atomic E-state index is 0.0747. The molecular formula is C23H34N2O5Si. The van der Waals surface area contributed by atoms with Crippen LogP contribution in [0.25, 0.3) is 0 Å². The van der Waals surface area contributed by atoms with E-state index in [9.17, 15) is 9.59 Å². The highest BCUT2D eigenvalue weighted by molar-refractivity contribution is 6.74. The van der Waals surface area contributed by atoms with Crippen molar-refractivity contribution < 1.29 is 13.9 Å². The number of aryl methyl sites for hydroxylation is 2. The minimum atomic E-state index is -1.98. The fourth-order valence-corrected chi connectivity index (χ4v) is 4.26. The van der Waals surface area contributed by atoms with Gasteiger partial charge in [0.25, 0.3) is 5.56 Å². The maximum absolute atomic E-state index is 12.4. The molecule has 2 heterocycles. The summed E-state index contributed by atoms with van der Waals surface area (Å²) in [6.07, 6.45) is 0.874. The molecule has 1 saturated heterocycles. The number of nitrogens with one attached hydrogen (secondary N) is 1. The van der Waals surface area contributed by atoms with E-state index >= 15 is 0 Å². The van der Waals surface area contributed by atoms with Gasteiger partial charge in [0.1, 0.15) is 24.2 Å². The molecule has 31 heavy (non-hydrogen) atoms. The molecule has 8 heteroatoms. The second kappa shape index (κ2) is 8.76. The number of benzene rings is 1. The molecule has 0 radical (unpaired) electrons. The van der Waals surface area contributed by atoms with Gasteiger partial charge in [0.2, 0.25) is 0 Å². The molecule has 0 spiro atoms. The summed E-state index contributed by atoms with van der Waals surface area (Å²) in [5.74, 6) is 0.752. The molecule has 7 nitrogen and oxygen atoms in total. The van der Waals surface area contributed by atoms with Gasteiger partial charge in [-0.3, -0.25) is 14.3 Å². The van der Waals surface area contributed by atoms with Crippen LogP contribution in [0.2, 0.25) is 18.1 Å². The van der Waals surface area contributed by atoms with Crippen molar-refractivity contribution in [3.05, 3.63) is 62.4 Å².